The minimum Gasteiger partial charge on any atom is -0.481 e. The number of thioether (sulfide) groups is 1. The molecule has 112 valence electrons. The molecule has 1 aromatic carbocycles. The zero-order valence-electron chi connectivity index (χ0n) is 11.2. The van der Waals surface area contributed by atoms with Crippen LogP contribution in [0.3, 0.4) is 0 Å². The van der Waals surface area contributed by atoms with Crippen LogP contribution >= 0.6 is 23.4 Å². The number of benzene rings is 1. The number of nitrogens with zero attached hydrogens (tertiary/aromatic N) is 3. The summed E-state index contributed by atoms with van der Waals surface area (Å²) in [6, 6.07) is 4.33. The first-order chi connectivity index (χ1) is 10.0. The summed E-state index contributed by atoms with van der Waals surface area (Å²) in [5.41, 5.74) is 0.643. The van der Waals surface area contributed by atoms with Gasteiger partial charge in [0, 0.05) is 12.1 Å². The van der Waals surface area contributed by atoms with Crippen molar-refractivity contribution in [2.24, 2.45) is 0 Å². The normalized spacial score (nSPS) is 10.8. The van der Waals surface area contributed by atoms with Crippen molar-refractivity contribution in [3.05, 3.63) is 29.0 Å². The van der Waals surface area contributed by atoms with Gasteiger partial charge >= 0.3 is 5.97 Å². The third-order valence-corrected chi connectivity index (χ3v) is 3.91. The first-order valence-corrected chi connectivity index (χ1v) is 7.62. The SMILES string of the molecule is CCCn1c(SCC(=O)O)nnc1-c1ccc(F)c(Cl)c1. The van der Waals surface area contributed by atoms with E-state index in [2.05, 4.69) is 10.2 Å². The van der Waals surface area contributed by atoms with Crippen LogP contribution in [-0.2, 0) is 11.3 Å². The number of carboxylic acid groups (broad SMARTS) is 1. The molecule has 0 radical (unpaired) electrons. The van der Waals surface area contributed by atoms with E-state index >= 15 is 0 Å². The topological polar surface area (TPSA) is 68.0 Å². The standard InChI is InChI=1S/C13H13ClFN3O2S/c1-2-5-18-12(8-3-4-10(15)9(14)6-8)16-17-13(18)21-7-11(19)20/h3-4,6H,2,5,7H2,1H3,(H,19,20). The van der Waals surface area contributed by atoms with E-state index in [1.54, 1.807) is 6.07 Å². The van der Waals surface area contributed by atoms with Gasteiger partial charge in [0.25, 0.3) is 0 Å². The number of hydrogen-bond acceptors (Lipinski definition) is 4. The number of halogens is 2. The van der Waals surface area contributed by atoms with Crippen LogP contribution in [0.2, 0.25) is 5.02 Å². The molecule has 1 N–H and O–H groups in total. The van der Waals surface area contributed by atoms with Gasteiger partial charge in [-0.15, -0.1) is 10.2 Å². The fourth-order valence-electron chi connectivity index (χ4n) is 1.80. The van der Waals surface area contributed by atoms with Crippen molar-refractivity contribution in [3.8, 4) is 11.4 Å². The van der Waals surface area contributed by atoms with Crippen LogP contribution in [0.15, 0.2) is 23.4 Å². The second-order valence-electron chi connectivity index (χ2n) is 4.27. The number of carbonyl (C=O) groups is 1. The quantitative estimate of drug-likeness (QED) is 0.823. The molecule has 0 spiro atoms. The van der Waals surface area contributed by atoms with Crippen LogP contribution in [0.4, 0.5) is 4.39 Å². The average molecular weight is 330 g/mol. The Balaban J connectivity index is 2.38. The van der Waals surface area contributed by atoms with E-state index in [0.29, 0.717) is 23.1 Å². The average Bonchev–Trinajstić information content (AvgIpc) is 2.83. The van der Waals surface area contributed by atoms with Crippen molar-refractivity contribution in [1.82, 2.24) is 14.8 Å². The molecular weight excluding hydrogens is 317 g/mol. The Kier molecular flexibility index (Phi) is 5.19. The van der Waals surface area contributed by atoms with E-state index in [1.807, 2.05) is 11.5 Å². The monoisotopic (exact) mass is 329 g/mol. The lowest BCUT2D eigenvalue weighted by Crippen LogP contribution is -2.04. The van der Waals surface area contributed by atoms with Gasteiger partial charge in [-0.1, -0.05) is 30.3 Å². The molecule has 2 aromatic rings. The van der Waals surface area contributed by atoms with Crippen LogP contribution in [0.1, 0.15) is 13.3 Å². The molecule has 0 aliphatic heterocycles. The van der Waals surface area contributed by atoms with Crippen LogP contribution < -0.4 is 0 Å². The Morgan fingerprint density at radius 1 is 1.48 bits per heavy atom. The Hall–Kier alpha value is -1.60. The lowest BCUT2D eigenvalue weighted by molar-refractivity contribution is -0.133. The van der Waals surface area contributed by atoms with Crippen LogP contribution in [0.5, 0.6) is 0 Å². The minimum atomic E-state index is -0.919. The predicted molar refractivity (Wildman–Crippen MR) is 79.1 cm³/mol. The van der Waals surface area contributed by atoms with Crippen molar-refractivity contribution >= 4 is 29.3 Å². The van der Waals surface area contributed by atoms with Crippen molar-refractivity contribution < 1.29 is 14.3 Å². The fourth-order valence-corrected chi connectivity index (χ4v) is 2.66. The molecule has 0 aliphatic carbocycles. The lowest BCUT2D eigenvalue weighted by Gasteiger charge is -2.08. The van der Waals surface area contributed by atoms with Gasteiger partial charge in [-0.2, -0.15) is 0 Å². The summed E-state index contributed by atoms with van der Waals surface area (Å²) >= 11 is 6.89. The van der Waals surface area contributed by atoms with E-state index < -0.39 is 11.8 Å². The van der Waals surface area contributed by atoms with Gasteiger partial charge in [-0.3, -0.25) is 4.79 Å². The first kappa shape index (κ1) is 15.8. The van der Waals surface area contributed by atoms with Gasteiger partial charge in [-0.05, 0) is 24.6 Å². The summed E-state index contributed by atoms with van der Waals surface area (Å²) in [6.45, 7) is 2.63. The summed E-state index contributed by atoms with van der Waals surface area (Å²) in [5.74, 6) is -0.960. The third kappa shape index (κ3) is 3.74. The van der Waals surface area contributed by atoms with Gasteiger partial charge in [0.15, 0.2) is 11.0 Å². The summed E-state index contributed by atoms with van der Waals surface area (Å²) in [6.07, 6.45) is 0.834. The van der Waals surface area contributed by atoms with E-state index in [9.17, 15) is 9.18 Å². The zero-order chi connectivity index (χ0) is 15.4. The van der Waals surface area contributed by atoms with Crippen molar-refractivity contribution in [2.45, 2.75) is 25.0 Å². The maximum absolute atomic E-state index is 13.2. The highest BCUT2D eigenvalue weighted by atomic mass is 35.5. The molecule has 2 rings (SSSR count). The smallest absolute Gasteiger partial charge is 0.313 e. The van der Waals surface area contributed by atoms with Gasteiger partial charge in [0.2, 0.25) is 0 Å². The molecule has 5 nitrogen and oxygen atoms in total. The maximum Gasteiger partial charge on any atom is 0.313 e. The number of rotatable bonds is 6. The van der Waals surface area contributed by atoms with Crippen LogP contribution in [-0.4, -0.2) is 31.6 Å². The molecule has 0 fully saturated rings. The number of hydrogen-bond donors (Lipinski definition) is 1. The molecule has 0 amide bonds. The predicted octanol–water partition coefficient (Wildman–Crippen LogP) is 3.32. The van der Waals surface area contributed by atoms with Gasteiger partial charge in [-0.25, -0.2) is 4.39 Å². The fraction of sp³-hybridized carbons (Fsp3) is 0.308. The van der Waals surface area contributed by atoms with Crippen LogP contribution in [0, 0.1) is 5.82 Å². The molecule has 0 bridgehead atoms. The van der Waals surface area contributed by atoms with Crippen molar-refractivity contribution in [1.29, 1.82) is 0 Å². The third-order valence-electron chi connectivity index (χ3n) is 2.67. The van der Waals surface area contributed by atoms with Gasteiger partial charge in [0.05, 0.1) is 10.8 Å². The number of aliphatic carboxylic acids is 1. The molecule has 0 atom stereocenters. The lowest BCUT2D eigenvalue weighted by atomic mass is 10.2. The summed E-state index contributed by atoms with van der Waals surface area (Å²) < 4.78 is 15.1. The number of carboxylic acids is 1. The van der Waals surface area contributed by atoms with E-state index in [0.717, 1.165) is 18.2 Å². The number of aromatic nitrogens is 3. The molecule has 1 heterocycles. The molecule has 1 aromatic heterocycles. The second-order valence-corrected chi connectivity index (χ2v) is 5.62. The van der Waals surface area contributed by atoms with Crippen LogP contribution in [0.25, 0.3) is 11.4 Å². The highest BCUT2D eigenvalue weighted by Crippen LogP contribution is 2.27. The first-order valence-electron chi connectivity index (χ1n) is 6.26. The molecule has 0 unspecified atom stereocenters. The van der Waals surface area contributed by atoms with E-state index in [1.165, 1.54) is 12.1 Å². The molecule has 0 saturated heterocycles. The highest BCUT2D eigenvalue weighted by molar-refractivity contribution is 7.99. The van der Waals surface area contributed by atoms with E-state index in [4.69, 9.17) is 16.7 Å². The van der Waals surface area contributed by atoms with Gasteiger partial charge < -0.3 is 9.67 Å². The summed E-state index contributed by atoms with van der Waals surface area (Å²) in [5, 5.41) is 17.4. The summed E-state index contributed by atoms with van der Waals surface area (Å²) in [7, 11) is 0. The molecule has 21 heavy (non-hydrogen) atoms. The summed E-state index contributed by atoms with van der Waals surface area (Å²) in [4.78, 5) is 10.7. The highest BCUT2D eigenvalue weighted by Gasteiger charge is 2.15. The van der Waals surface area contributed by atoms with Gasteiger partial charge in [0.1, 0.15) is 5.82 Å². The van der Waals surface area contributed by atoms with E-state index in [-0.39, 0.29) is 10.8 Å². The minimum absolute atomic E-state index is 0.0123. The molecule has 8 heteroatoms. The Morgan fingerprint density at radius 2 is 2.24 bits per heavy atom. The van der Waals surface area contributed by atoms with Crippen molar-refractivity contribution in [3.63, 3.8) is 0 Å². The molecule has 0 aliphatic rings. The second kappa shape index (κ2) is 6.91. The van der Waals surface area contributed by atoms with Crippen molar-refractivity contribution in [2.75, 3.05) is 5.75 Å². The Labute approximate surface area is 130 Å². The molecule has 0 saturated carbocycles. The maximum atomic E-state index is 13.2. The zero-order valence-corrected chi connectivity index (χ0v) is 12.8. The molecular formula is C13H13ClFN3O2S. The Bertz CT molecular complexity index is 663. The Morgan fingerprint density at radius 3 is 2.86 bits per heavy atom. The largest absolute Gasteiger partial charge is 0.481 e.